The minimum absolute atomic E-state index is 0.0167. The van der Waals surface area contributed by atoms with Crippen LogP contribution < -0.4 is 10.6 Å². The van der Waals surface area contributed by atoms with Crippen LogP contribution in [-0.2, 0) is 17.4 Å². The second-order valence-corrected chi connectivity index (χ2v) is 9.14. The number of carboxylic acids is 1. The highest BCUT2D eigenvalue weighted by molar-refractivity contribution is 6.04. The fourth-order valence-corrected chi connectivity index (χ4v) is 4.71. The first-order valence-corrected chi connectivity index (χ1v) is 11.8. The van der Waals surface area contributed by atoms with Gasteiger partial charge in [0.05, 0.1) is 12.0 Å². The van der Waals surface area contributed by atoms with E-state index in [1.165, 1.54) is 12.1 Å². The summed E-state index contributed by atoms with van der Waals surface area (Å²) in [7, 11) is 0. The monoisotopic (exact) mass is 510 g/mol. The molecular formula is C28H25F3N2O4. The summed E-state index contributed by atoms with van der Waals surface area (Å²) in [5.74, 6) is -1.11. The van der Waals surface area contributed by atoms with Gasteiger partial charge < -0.3 is 15.7 Å². The summed E-state index contributed by atoms with van der Waals surface area (Å²) in [6.45, 7) is 1.84. The standard InChI is InChI=1S/C28H25F3N2O4/c1-2-27(16-24(34)35)13-12-19-14-18(8-11-23(19)25(27)36)17-6-9-21(10-7-17)32-26(37)33-22-5-3-4-20(15-22)28(29,30)31/h3-11,14-15H,2,12-13,16H2,1H3,(H,34,35)(H2,32,33,37). The Morgan fingerprint density at radius 3 is 2.27 bits per heavy atom. The number of carbonyl (C=O) groups is 3. The van der Waals surface area contributed by atoms with E-state index in [0.717, 1.165) is 28.8 Å². The van der Waals surface area contributed by atoms with Gasteiger partial charge in [0.15, 0.2) is 5.78 Å². The quantitative estimate of drug-likeness (QED) is 0.332. The highest BCUT2D eigenvalue weighted by Crippen LogP contribution is 2.42. The van der Waals surface area contributed by atoms with Crippen molar-refractivity contribution in [2.24, 2.45) is 5.41 Å². The van der Waals surface area contributed by atoms with E-state index in [-0.39, 0.29) is 17.9 Å². The first-order chi connectivity index (χ1) is 17.5. The van der Waals surface area contributed by atoms with Crippen molar-refractivity contribution in [3.8, 4) is 11.1 Å². The van der Waals surface area contributed by atoms with Gasteiger partial charge in [0.1, 0.15) is 0 Å². The van der Waals surface area contributed by atoms with Gasteiger partial charge in [-0.2, -0.15) is 13.2 Å². The van der Waals surface area contributed by atoms with Crippen molar-refractivity contribution in [1.82, 2.24) is 0 Å². The number of alkyl halides is 3. The fourth-order valence-electron chi connectivity index (χ4n) is 4.71. The maximum absolute atomic E-state index is 13.1. The van der Waals surface area contributed by atoms with E-state index >= 15 is 0 Å². The number of nitrogens with one attached hydrogen (secondary N) is 2. The van der Waals surface area contributed by atoms with Crippen LogP contribution in [0.3, 0.4) is 0 Å². The molecule has 4 rings (SSSR count). The molecule has 0 spiro atoms. The van der Waals surface area contributed by atoms with Crippen LogP contribution in [0.4, 0.5) is 29.3 Å². The lowest BCUT2D eigenvalue weighted by Gasteiger charge is -2.35. The van der Waals surface area contributed by atoms with Crippen molar-refractivity contribution in [2.45, 2.75) is 38.8 Å². The molecule has 0 saturated heterocycles. The average Bonchev–Trinajstić information content (AvgIpc) is 2.85. The number of hydrogen-bond donors (Lipinski definition) is 3. The van der Waals surface area contributed by atoms with E-state index < -0.39 is 29.2 Å². The Morgan fingerprint density at radius 2 is 1.62 bits per heavy atom. The summed E-state index contributed by atoms with van der Waals surface area (Å²) in [5, 5.41) is 14.3. The normalized spacial score (nSPS) is 17.1. The maximum Gasteiger partial charge on any atom is 0.416 e. The summed E-state index contributed by atoms with van der Waals surface area (Å²) in [4.78, 5) is 36.7. The zero-order valence-corrected chi connectivity index (χ0v) is 20.0. The van der Waals surface area contributed by atoms with E-state index in [0.29, 0.717) is 30.5 Å². The molecule has 6 nitrogen and oxygen atoms in total. The van der Waals surface area contributed by atoms with Crippen LogP contribution in [-0.4, -0.2) is 22.9 Å². The third kappa shape index (κ3) is 5.66. The summed E-state index contributed by atoms with van der Waals surface area (Å²) in [6, 6.07) is 16.1. The van der Waals surface area contributed by atoms with Gasteiger partial charge in [-0.05, 0) is 66.3 Å². The van der Waals surface area contributed by atoms with Gasteiger partial charge >= 0.3 is 18.2 Å². The number of rotatable bonds is 6. The van der Waals surface area contributed by atoms with Crippen LogP contribution >= 0.6 is 0 Å². The second-order valence-electron chi connectivity index (χ2n) is 9.14. The Morgan fingerprint density at radius 1 is 0.946 bits per heavy atom. The van der Waals surface area contributed by atoms with Crippen molar-refractivity contribution in [2.75, 3.05) is 10.6 Å². The number of Topliss-reactive ketones (excluding diaryl/α,β-unsaturated/α-hetero) is 1. The van der Waals surface area contributed by atoms with E-state index in [1.807, 2.05) is 19.1 Å². The van der Waals surface area contributed by atoms with Crippen LogP contribution in [0.5, 0.6) is 0 Å². The number of carboxylic acid groups (broad SMARTS) is 1. The molecule has 1 atom stereocenters. The minimum Gasteiger partial charge on any atom is -0.481 e. The number of benzene rings is 3. The number of hydrogen-bond acceptors (Lipinski definition) is 3. The molecule has 192 valence electrons. The van der Waals surface area contributed by atoms with Gasteiger partial charge in [0.2, 0.25) is 0 Å². The topological polar surface area (TPSA) is 95.5 Å². The van der Waals surface area contributed by atoms with Gasteiger partial charge in [-0.15, -0.1) is 0 Å². The van der Waals surface area contributed by atoms with Crippen LogP contribution in [0.25, 0.3) is 11.1 Å². The number of urea groups is 1. The third-order valence-corrected chi connectivity index (χ3v) is 6.79. The second kappa shape index (κ2) is 10.1. The molecule has 9 heteroatoms. The summed E-state index contributed by atoms with van der Waals surface area (Å²) >= 11 is 0. The molecule has 0 aromatic heterocycles. The van der Waals surface area contributed by atoms with Crippen molar-refractivity contribution >= 4 is 29.2 Å². The fraction of sp³-hybridized carbons (Fsp3) is 0.250. The smallest absolute Gasteiger partial charge is 0.416 e. The average molecular weight is 511 g/mol. The van der Waals surface area contributed by atoms with Crippen LogP contribution in [0.1, 0.15) is 47.7 Å². The van der Waals surface area contributed by atoms with Gasteiger partial charge in [0, 0.05) is 22.4 Å². The van der Waals surface area contributed by atoms with Gasteiger partial charge in [-0.1, -0.05) is 43.3 Å². The summed E-state index contributed by atoms with van der Waals surface area (Å²) in [6.07, 6.45) is -3.14. The number of aliphatic carboxylic acids is 1. The SMILES string of the molecule is CCC1(CC(=O)O)CCc2cc(-c3ccc(NC(=O)Nc4cccc(C(F)(F)F)c4)cc3)ccc2C1=O. The molecule has 1 unspecified atom stereocenters. The van der Waals surface area contributed by atoms with Crippen LogP contribution in [0.2, 0.25) is 0 Å². The highest BCUT2D eigenvalue weighted by atomic mass is 19.4. The number of aryl methyl sites for hydroxylation is 1. The lowest BCUT2D eigenvalue weighted by molar-refractivity contribution is -0.139. The summed E-state index contributed by atoms with van der Waals surface area (Å²) in [5.41, 5.74) is 1.88. The molecule has 0 bridgehead atoms. The Bertz CT molecular complexity index is 1350. The predicted molar refractivity (Wildman–Crippen MR) is 134 cm³/mol. The Kier molecular flexibility index (Phi) is 7.07. The van der Waals surface area contributed by atoms with E-state index in [1.54, 1.807) is 30.3 Å². The number of halogens is 3. The molecule has 0 saturated carbocycles. The number of ketones is 1. The lowest BCUT2D eigenvalue weighted by atomic mass is 9.67. The van der Waals surface area contributed by atoms with Crippen LogP contribution in [0, 0.1) is 5.41 Å². The molecule has 0 heterocycles. The number of amides is 2. The van der Waals surface area contributed by atoms with Gasteiger partial charge in [-0.3, -0.25) is 9.59 Å². The van der Waals surface area contributed by atoms with Crippen molar-refractivity contribution in [3.63, 3.8) is 0 Å². The number of anilines is 2. The molecule has 3 aromatic rings. The van der Waals surface area contributed by atoms with Gasteiger partial charge in [0.25, 0.3) is 0 Å². The summed E-state index contributed by atoms with van der Waals surface area (Å²) < 4.78 is 38.6. The van der Waals surface area contributed by atoms with E-state index in [2.05, 4.69) is 10.6 Å². The minimum atomic E-state index is -4.51. The lowest BCUT2D eigenvalue weighted by Crippen LogP contribution is -2.37. The molecule has 0 aliphatic heterocycles. The van der Waals surface area contributed by atoms with Gasteiger partial charge in [-0.25, -0.2) is 4.79 Å². The molecule has 37 heavy (non-hydrogen) atoms. The Labute approximate surface area is 211 Å². The Hall–Kier alpha value is -4.14. The van der Waals surface area contributed by atoms with Crippen LogP contribution in [0.15, 0.2) is 66.7 Å². The third-order valence-electron chi connectivity index (χ3n) is 6.79. The predicted octanol–water partition coefficient (Wildman–Crippen LogP) is 7.02. The van der Waals surface area contributed by atoms with Crippen molar-refractivity contribution in [3.05, 3.63) is 83.4 Å². The Balaban J connectivity index is 1.45. The molecule has 1 aliphatic carbocycles. The van der Waals surface area contributed by atoms with E-state index in [9.17, 15) is 32.7 Å². The molecule has 2 amide bonds. The van der Waals surface area contributed by atoms with Crippen molar-refractivity contribution < 1.29 is 32.7 Å². The number of carbonyl (C=O) groups excluding carboxylic acids is 2. The maximum atomic E-state index is 13.1. The molecule has 0 fully saturated rings. The molecule has 1 aliphatic rings. The number of fused-ring (bicyclic) bond motifs is 1. The zero-order chi connectivity index (χ0) is 26.8. The molecule has 3 aromatic carbocycles. The molecule has 3 N–H and O–H groups in total. The van der Waals surface area contributed by atoms with E-state index in [4.69, 9.17) is 0 Å². The first kappa shape index (κ1) is 25.9. The highest BCUT2D eigenvalue weighted by Gasteiger charge is 2.42. The first-order valence-electron chi connectivity index (χ1n) is 11.8. The van der Waals surface area contributed by atoms with Crippen molar-refractivity contribution in [1.29, 1.82) is 0 Å². The molecular weight excluding hydrogens is 485 g/mol. The zero-order valence-electron chi connectivity index (χ0n) is 20.0. The largest absolute Gasteiger partial charge is 0.481 e. The molecule has 0 radical (unpaired) electrons.